The van der Waals surface area contributed by atoms with Gasteiger partial charge in [-0.3, -0.25) is 19.7 Å². The smallest absolute Gasteiger partial charge is 0.283 e. The summed E-state index contributed by atoms with van der Waals surface area (Å²) in [6, 6.07) is -0.555. The van der Waals surface area contributed by atoms with Crippen LogP contribution in [0.3, 0.4) is 0 Å². The van der Waals surface area contributed by atoms with Gasteiger partial charge in [-0.1, -0.05) is 6.08 Å². The van der Waals surface area contributed by atoms with Gasteiger partial charge in [0, 0.05) is 6.42 Å². The van der Waals surface area contributed by atoms with Gasteiger partial charge in [-0.2, -0.15) is 5.10 Å². The number of anilines is 1. The van der Waals surface area contributed by atoms with Crippen LogP contribution in [0, 0.1) is 0 Å². The number of piperidine rings is 1. The first-order valence-electron chi connectivity index (χ1n) is 5.99. The van der Waals surface area contributed by atoms with E-state index in [9.17, 15) is 14.4 Å². The van der Waals surface area contributed by atoms with Gasteiger partial charge in [-0.25, -0.2) is 4.68 Å². The molecule has 1 fully saturated rings. The Balaban J connectivity index is 2.20. The topological polar surface area (TPSA) is 93.1 Å². The molecule has 1 saturated heterocycles. The molecule has 2 N–H and O–H groups in total. The lowest BCUT2D eigenvalue weighted by Gasteiger charge is -2.23. The van der Waals surface area contributed by atoms with Gasteiger partial charge in [0.25, 0.3) is 5.56 Å². The second-order valence-corrected chi connectivity index (χ2v) is 5.09. The minimum atomic E-state index is -0.555. The summed E-state index contributed by atoms with van der Waals surface area (Å²) in [4.78, 5) is 34.7. The number of nitrogens with one attached hydrogen (secondary N) is 2. The molecule has 1 aromatic rings. The largest absolute Gasteiger partial charge is 0.371 e. The Morgan fingerprint density at radius 2 is 2.30 bits per heavy atom. The van der Waals surface area contributed by atoms with Crippen LogP contribution in [0.4, 0.5) is 5.69 Å². The highest BCUT2D eigenvalue weighted by Gasteiger charge is 2.27. The maximum atomic E-state index is 12.0. The molecule has 0 aliphatic carbocycles. The molecule has 106 valence electrons. The predicted octanol–water partition coefficient (Wildman–Crippen LogP) is 0.409. The molecule has 1 atom stereocenters. The summed E-state index contributed by atoms with van der Waals surface area (Å²) in [5, 5.41) is 9.14. The Morgan fingerprint density at radius 3 is 2.95 bits per heavy atom. The number of hydrogen-bond donors (Lipinski definition) is 2. The molecule has 0 radical (unpaired) electrons. The molecule has 8 heteroatoms. The van der Waals surface area contributed by atoms with Gasteiger partial charge >= 0.3 is 0 Å². The van der Waals surface area contributed by atoms with Gasteiger partial charge in [-0.15, -0.1) is 6.58 Å². The number of carbonyl (C=O) groups is 2. The molecule has 2 rings (SSSR count). The maximum absolute atomic E-state index is 12.0. The van der Waals surface area contributed by atoms with Gasteiger partial charge in [-0.05, 0) is 22.4 Å². The van der Waals surface area contributed by atoms with Gasteiger partial charge in [0.1, 0.15) is 10.5 Å². The van der Waals surface area contributed by atoms with Crippen molar-refractivity contribution < 1.29 is 9.59 Å². The lowest BCUT2D eigenvalue weighted by molar-refractivity contribution is -0.133. The van der Waals surface area contributed by atoms with E-state index in [-0.39, 0.29) is 17.9 Å². The zero-order valence-corrected chi connectivity index (χ0v) is 12.1. The number of amides is 2. The third-order valence-electron chi connectivity index (χ3n) is 2.86. The van der Waals surface area contributed by atoms with Crippen LogP contribution in [0.5, 0.6) is 0 Å². The quantitative estimate of drug-likeness (QED) is 0.611. The van der Waals surface area contributed by atoms with Crippen LogP contribution in [-0.4, -0.2) is 27.6 Å². The zero-order valence-electron chi connectivity index (χ0n) is 10.6. The van der Waals surface area contributed by atoms with E-state index >= 15 is 0 Å². The molecule has 1 aliphatic rings. The minimum Gasteiger partial charge on any atom is -0.371 e. The number of allylic oxidation sites excluding steroid dienone is 1. The fourth-order valence-corrected chi connectivity index (χ4v) is 2.26. The van der Waals surface area contributed by atoms with E-state index < -0.39 is 11.9 Å². The number of aromatic nitrogens is 2. The second kappa shape index (κ2) is 6.00. The molecule has 7 nitrogen and oxygen atoms in total. The van der Waals surface area contributed by atoms with Crippen molar-refractivity contribution in [3.05, 3.63) is 33.7 Å². The van der Waals surface area contributed by atoms with Crippen molar-refractivity contribution >= 4 is 33.4 Å². The van der Waals surface area contributed by atoms with E-state index in [0.717, 1.165) is 0 Å². The van der Waals surface area contributed by atoms with Crippen molar-refractivity contribution in [1.82, 2.24) is 15.1 Å². The van der Waals surface area contributed by atoms with Gasteiger partial charge in [0.2, 0.25) is 11.8 Å². The maximum Gasteiger partial charge on any atom is 0.283 e. The molecule has 1 aromatic heterocycles. The number of carbonyl (C=O) groups excluding carboxylic acids is 2. The third-order valence-corrected chi connectivity index (χ3v) is 3.62. The molecule has 0 saturated carbocycles. The van der Waals surface area contributed by atoms with Crippen LogP contribution >= 0.6 is 15.9 Å². The number of imide groups is 1. The number of nitrogens with zero attached hydrogens (tertiary/aromatic N) is 2. The summed E-state index contributed by atoms with van der Waals surface area (Å²) in [6.45, 7) is 3.85. The van der Waals surface area contributed by atoms with Crippen molar-refractivity contribution in [1.29, 1.82) is 0 Å². The lowest BCUT2D eigenvalue weighted by Crippen LogP contribution is -2.47. The van der Waals surface area contributed by atoms with Crippen molar-refractivity contribution in [2.24, 2.45) is 0 Å². The van der Waals surface area contributed by atoms with Gasteiger partial charge in [0.15, 0.2) is 0 Å². The lowest BCUT2D eigenvalue weighted by atomic mass is 10.1. The Bertz CT molecular complexity index is 626. The molecule has 0 bridgehead atoms. The monoisotopic (exact) mass is 340 g/mol. The normalized spacial score (nSPS) is 18.6. The Hall–Kier alpha value is -1.96. The first-order valence-corrected chi connectivity index (χ1v) is 6.79. The molecular weight excluding hydrogens is 328 g/mol. The average molecular weight is 341 g/mol. The van der Waals surface area contributed by atoms with Crippen LogP contribution in [0.25, 0.3) is 0 Å². The first kappa shape index (κ1) is 14.4. The SMILES string of the molecule is C=CCn1ncc(NC2CCC(=O)NC2=O)c(Br)c1=O. The van der Waals surface area contributed by atoms with Crippen molar-refractivity contribution in [2.45, 2.75) is 25.4 Å². The number of hydrogen-bond acceptors (Lipinski definition) is 5. The van der Waals surface area contributed by atoms with Crippen LogP contribution in [0.2, 0.25) is 0 Å². The molecule has 0 aromatic carbocycles. The van der Waals surface area contributed by atoms with Gasteiger partial charge in [0.05, 0.1) is 18.4 Å². The summed E-state index contributed by atoms with van der Waals surface area (Å²) in [5.41, 5.74) is 0.104. The molecule has 2 heterocycles. The molecular formula is C12H13BrN4O3. The summed E-state index contributed by atoms with van der Waals surface area (Å²) in [5.74, 6) is -0.685. The van der Waals surface area contributed by atoms with E-state index in [4.69, 9.17) is 0 Å². The van der Waals surface area contributed by atoms with E-state index in [1.165, 1.54) is 10.9 Å². The summed E-state index contributed by atoms with van der Waals surface area (Å²) < 4.78 is 1.53. The number of halogens is 1. The second-order valence-electron chi connectivity index (χ2n) is 4.30. The Labute approximate surface area is 123 Å². The van der Waals surface area contributed by atoms with Crippen LogP contribution in [0.15, 0.2) is 28.1 Å². The van der Waals surface area contributed by atoms with Crippen LogP contribution < -0.4 is 16.2 Å². The van der Waals surface area contributed by atoms with Crippen molar-refractivity contribution in [3.63, 3.8) is 0 Å². The van der Waals surface area contributed by atoms with E-state index in [1.54, 1.807) is 6.08 Å². The molecule has 2 amide bonds. The minimum absolute atomic E-state index is 0.266. The first-order chi connectivity index (χ1) is 9.52. The zero-order chi connectivity index (χ0) is 14.7. The van der Waals surface area contributed by atoms with Gasteiger partial charge < -0.3 is 5.32 Å². The predicted molar refractivity (Wildman–Crippen MR) is 76.2 cm³/mol. The van der Waals surface area contributed by atoms with E-state index in [2.05, 4.69) is 38.2 Å². The third kappa shape index (κ3) is 2.96. The summed E-state index contributed by atoms with van der Waals surface area (Å²) >= 11 is 3.19. The van der Waals surface area contributed by atoms with E-state index in [1.807, 2.05) is 0 Å². The summed E-state index contributed by atoms with van der Waals surface area (Å²) in [6.07, 6.45) is 3.67. The molecule has 1 aliphatic heterocycles. The van der Waals surface area contributed by atoms with Crippen molar-refractivity contribution in [3.8, 4) is 0 Å². The molecule has 0 spiro atoms. The Kier molecular flexibility index (Phi) is 4.33. The summed E-state index contributed by atoms with van der Waals surface area (Å²) in [7, 11) is 0. The Morgan fingerprint density at radius 1 is 1.55 bits per heavy atom. The van der Waals surface area contributed by atoms with E-state index in [0.29, 0.717) is 23.1 Å². The number of rotatable bonds is 4. The van der Waals surface area contributed by atoms with Crippen LogP contribution in [0.1, 0.15) is 12.8 Å². The fourth-order valence-electron chi connectivity index (χ4n) is 1.84. The van der Waals surface area contributed by atoms with Crippen molar-refractivity contribution in [2.75, 3.05) is 5.32 Å². The molecule has 1 unspecified atom stereocenters. The average Bonchev–Trinajstić information content (AvgIpc) is 2.41. The molecule has 20 heavy (non-hydrogen) atoms. The highest BCUT2D eigenvalue weighted by atomic mass is 79.9. The van der Waals surface area contributed by atoms with Crippen LogP contribution in [-0.2, 0) is 16.1 Å². The highest BCUT2D eigenvalue weighted by Crippen LogP contribution is 2.19. The highest BCUT2D eigenvalue weighted by molar-refractivity contribution is 9.10. The fraction of sp³-hybridized carbons (Fsp3) is 0.333. The standard InChI is InChI=1S/C12H13BrN4O3/c1-2-5-17-12(20)10(13)8(6-14-17)15-7-3-4-9(18)16-11(7)19/h2,6-7,15H,1,3-5H2,(H,16,18,19).